The Morgan fingerprint density at radius 3 is 2.62 bits per heavy atom. The summed E-state index contributed by atoms with van der Waals surface area (Å²) in [5, 5.41) is 3.61. The van der Waals surface area contributed by atoms with Gasteiger partial charge in [-0.2, -0.15) is 0 Å². The Balaban J connectivity index is 2.00. The molecule has 0 bridgehead atoms. The van der Waals surface area contributed by atoms with Gasteiger partial charge in [0.2, 0.25) is 0 Å². The number of carbonyl (C=O) groups is 1. The van der Waals surface area contributed by atoms with Gasteiger partial charge in [-0.3, -0.25) is 14.4 Å². The second-order valence-corrected chi connectivity index (χ2v) is 5.76. The Labute approximate surface area is 137 Å². The minimum absolute atomic E-state index is 0.0636. The van der Waals surface area contributed by atoms with E-state index in [4.69, 9.17) is 0 Å². The molecule has 0 saturated heterocycles. The van der Waals surface area contributed by atoms with Gasteiger partial charge in [-0.25, -0.2) is 0 Å². The van der Waals surface area contributed by atoms with Gasteiger partial charge in [-0.15, -0.1) is 0 Å². The number of hydrogen-bond donors (Lipinski definition) is 2. The van der Waals surface area contributed by atoms with Crippen molar-refractivity contribution in [3.63, 3.8) is 0 Å². The fourth-order valence-electron chi connectivity index (χ4n) is 2.61. The number of anilines is 1. The van der Waals surface area contributed by atoms with Gasteiger partial charge in [-0.05, 0) is 43.7 Å². The number of nitrogens with one attached hydrogen (secondary N) is 2. The molecule has 3 rings (SSSR count). The standard InChI is InChI=1S/C18H17N3O3/c1-10-11(2)16(22)20-15-9-12(6-7-13(10)15)19-17(23)14-5-4-8-21(3)18(14)24/h4-9H,1-3H3,(H,19,23)(H,20,22). The SMILES string of the molecule is Cc1c(C)c2ccc(NC(=O)c3cccn(C)c3=O)cc2[nH]c1=O. The minimum atomic E-state index is -0.485. The molecule has 0 aliphatic heterocycles. The number of aromatic nitrogens is 2. The van der Waals surface area contributed by atoms with Gasteiger partial charge in [0.1, 0.15) is 5.56 Å². The van der Waals surface area contributed by atoms with Crippen LogP contribution in [0.4, 0.5) is 5.69 Å². The van der Waals surface area contributed by atoms with Crippen LogP contribution in [0.3, 0.4) is 0 Å². The van der Waals surface area contributed by atoms with Crippen LogP contribution in [0.1, 0.15) is 21.5 Å². The normalized spacial score (nSPS) is 10.8. The van der Waals surface area contributed by atoms with Crippen LogP contribution in [0.25, 0.3) is 10.9 Å². The van der Waals surface area contributed by atoms with E-state index in [2.05, 4.69) is 10.3 Å². The van der Waals surface area contributed by atoms with E-state index in [0.29, 0.717) is 16.8 Å². The molecular formula is C18H17N3O3. The minimum Gasteiger partial charge on any atom is -0.322 e. The Hall–Kier alpha value is -3.15. The van der Waals surface area contributed by atoms with Crippen LogP contribution in [0, 0.1) is 13.8 Å². The number of benzene rings is 1. The predicted octanol–water partition coefficient (Wildman–Crippen LogP) is 2.10. The van der Waals surface area contributed by atoms with E-state index in [0.717, 1.165) is 10.9 Å². The molecule has 1 amide bonds. The van der Waals surface area contributed by atoms with Crippen LogP contribution in [0.15, 0.2) is 46.1 Å². The van der Waals surface area contributed by atoms with E-state index in [1.165, 1.54) is 10.6 Å². The predicted molar refractivity (Wildman–Crippen MR) is 93.7 cm³/mol. The number of hydrogen-bond acceptors (Lipinski definition) is 3. The first-order valence-corrected chi connectivity index (χ1v) is 7.48. The van der Waals surface area contributed by atoms with Crippen LogP contribution >= 0.6 is 0 Å². The van der Waals surface area contributed by atoms with Crippen molar-refractivity contribution >= 4 is 22.5 Å². The molecule has 0 saturated carbocycles. The van der Waals surface area contributed by atoms with Crippen LogP contribution in [0.2, 0.25) is 0 Å². The van der Waals surface area contributed by atoms with Crippen molar-refractivity contribution in [3.05, 3.63) is 73.9 Å². The average Bonchev–Trinajstić information content (AvgIpc) is 2.55. The molecule has 0 radical (unpaired) electrons. The summed E-state index contributed by atoms with van der Waals surface area (Å²) in [7, 11) is 1.59. The zero-order valence-electron chi connectivity index (χ0n) is 13.6. The number of pyridine rings is 2. The molecule has 122 valence electrons. The van der Waals surface area contributed by atoms with Crippen LogP contribution < -0.4 is 16.4 Å². The van der Waals surface area contributed by atoms with E-state index in [1.807, 2.05) is 13.0 Å². The van der Waals surface area contributed by atoms with E-state index in [-0.39, 0.29) is 16.7 Å². The van der Waals surface area contributed by atoms with Crippen LogP contribution in [-0.4, -0.2) is 15.5 Å². The molecule has 6 heteroatoms. The Morgan fingerprint density at radius 1 is 1.12 bits per heavy atom. The summed E-state index contributed by atoms with van der Waals surface area (Å²) < 4.78 is 1.35. The van der Waals surface area contributed by atoms with Crippen molar-refractivity contribution in [2.24, 2.45) is 7.05 Å². The molecule has 3 aromatic rings. The van der Waals surface area contributed by atoms with Crippen molar-refractivity contribution in [2.45, 2.75) is 13.8 Å². The second kappa shape index (κ2) is 5.81. The molecule has 2 N–H and O–H groups in total. The topological polar surface area (TPSA) is 84.0 Å². The molecule has 0 spiro atoms. The number of aromatic amines is 1. The van der Waals surface area contributed by atoms with Gasteiger partial charge in [0, 0.05) is 29.9 Å². The highest BCUT2D eigenvalue weighted by molar-refractivity contribution is 6.04. The molecule has 0 aliphatic carbocycles. The van der Waals surface area contributed by atoms with Crippen LogP contribution in [-0.2, 0) is 7.05 Å². The molecule has 0 aliphatic rings. The van der Waals surface area contributed by atoms with Gasteiger partial charge in [0.15, 0.2) is 0 Å². The molecule has 0 fully saturated rings. The number of nitrogens with zero attached hydrogens (tertiary/aromatic N) is 1. The van der Waals surface area contributed by atoms with E-state index in [1.54, 1.807) is 38.4 Å². The summed E-state index contributed by atoms with van der Waals surface area (Å²) in [4.78, 5) is 39.0. The third kappa shape index (κ3) is 2.62. The Morgan fingerprint density at radius 2 is 1.88 bits per heavy atom. The summed E-state index contributed by atoms with van der Waals surface area (Å²) in [6.07, 6.45) is 1.59. The van der Waals surface area contributed by atoms with Gasteiger partial charge < -0.3 is 14.9 Å². The molecule has 1 aromatic carbocycles. The first kappa shape index (κ1) is 15.7. The number of amides is 1. The molecule has 0 unspecified atom stereocenters. The highest BCUT2D eigenvalue weighted by atomic mass is 16.2. The Kier molecular flexibility index (Phi) is 3.81. The van der Waals surface area contributed by atoms with Gasteiger partial charge in [0.05, 0.1) is 5.52 Å². The van der Waals surface area contributed by atoms with Crippen molar-refractivity contribution < 1.29 is 4.79 Å². The number of aryl methyl sites for hydroxylation is 2. The maximum Gasteiger partial charge on any atom is 0.263 e. The average molecular weight is 323 g/mol. The summed E-state index contributed by atoms with van der Waals surface area (Å²) >= 11 is 0. The summed E-state index contributed by atoms with van der Waals surface area (Å²) in [5.74, 6) is -0.485. The monoisotopic (exact) mass is 323 g/mol. The van der Waals surface area contributed by atoms with Crippen molar-refractivity contribution in [3.8, 4) is 0 Å². The van der Waals surface area contributed by atoms with Crippen molar-refractivity contribution in [2.75, 3.05) is 5.32 Å². The summed E-state index contributed by atoms with van der Waals surface area (Å²) in [6.45, 7) is 3.66. The molecule has 6 nitrogen and oxygen atoms in total. The lowest BCUT2D eigenvalue weighted by molar-refractivity contribution is 0.102. The largest absolute Gasteiger partial charge is 0.322 e. The van der Waals surface area contributed by atoms with E-state index in [9.17, 15) is 14.4 Å². The lowest BCUT2D eigenvalue weighted by Crippen LogP contribution is -2.27. The second-order valence-electron chi connectivity index (χ2n) is 5.76. The highest BCUT2D eigenvalue weighted by Gasteiger charge is 2.12. The fourth-order valence-corrected chi connectivity index (χ4v) is 2.61. The molecule has 2 aromatic heterocycles. The third-order valence-corrected chi connectivity index (χ3v) is 4.20. The maximum atomic E-state index is 12.3. The van der Waals surface area contributed by atoms with E-state index >= 15 is 0 Å². The summed E-state index contributed by atoms with van der Waals surface area (Å²) in [5.41, 5.74) is 2.28. The first-order valence-electron chi connectivity index (χ1n) is 7.48. The molecular weight excluding hydrogens is 306 g/mol. The Bertz CT molecular complexity index is 1080. The maximum absolute atomic E-state index is 12.3. The fraction of sp³-hybridized carbons (Fsp3) is 0.167. The van der Waals surface area contributed by atoms with Gasteiger partial charge >= 0.3 is 0 Å². The number of fused-ring (bicyclic) bond motifs is 1. The van der Waals surface area contributed by atoms with Crippen LogP contribution in [0.5, 0.6) is 0 Å². The first-order chi connectivity index (χ1) is 11.4. The lowest BCUT2D eigenvalue weighted by Gasteiger charge is -2.09. The quantitative estimate of drug-likeness (QED) is 0.757. The number of rotatable bonds is 2. The van der Waals surface area contributed by atoms with Gasteiger partial charge in [-0.1, -0.05) is 6.07 Å². The third-order valence-electron chi connectivity index (χ3n) is 4.20. The van der Waals surface area contributed by atoms with Crippen molar-refractivity contribution in [1.29, 1.82) is 0 Å². The van der Waals surface area contributed by atoms with E-state index < -0.39 is 5.91 Å². The molecule has 0 atom stereocenters. The highest BCUT2D eigenvalue weighted by Crippen LogP contribution is 2.21. The zero-order chi connectivity index (χ0) is 17.4. The smallest absolute Gasteiger partial charge is 0.263 e. The number of H-pyrrole nitrogens is 1. The zero-order valence-corrected chi connectivity index (χ0v) is 13.6. The summed E-state index contributed by atoms with van der Waals surface area (Å²) in [6, 6.07) is 8.40. The van der Waals surface area contributed by atoms with Gasteiger partial charge in [0.25, 0.3) is 17.0 Å². The lowest BCUT2D eigenvalue weighted by atomic mass is 10.1. The molecule has 2 heterocycles. The molecule has 24 heavy (non-hydrogen) atoms. The number of carbonyl (C=O) groups excluding carboxylic acids is 1. The van der Waals surface area contributed by atoms with Crippen molar-refractivity contribution in [1.82, 2.24) is 9.55 Å².